The molecular formula is C34H34O19. The van der Waals surface area contributed by atoms with Crippen LogP contribution in [0.4, 0.5) is 0 Å². The lowest BCUT2D eigenvalue weighted by molar-refractivity contribution is -0.318. The number of hydrogen-bond acceptors (Lipinski definition) is 19. The molecule has 0 amide bonds. The summed E-state index contributed by atoms with van der Waals surface area (Å²) in [6.45, 7) is 0.676. The number of rotatable bonds is 8. The van der Waals surface area contributed by atoms with E-state index in [-0.39, 0.29) is 22.7 Å². The van der Waals surface area contributed by atoms with Crippen molar-refractivity contribution >= 4 is 16.9 Å². The fourth-order valence-electron chi connectivity index (χ4n) is 5.81. The maximum atomic E-state index is 14.0. The van der Waals surface area contributed by atoms with E-state index in [9.17, 15) is 65.8 Å². The minimum absolute atomic E-state index is 0.0952. The first-order valence-electron chi connectivity index (χ1n) is 15.8. The van der Waals surface area contributed by atoms with Crippen LogP contribution in [-0.4, -0.2) is 130 Å². The van der Waals surface area contributed by atoms with Gasteiger partial charge in [-0.3, -0.25) is 4.79 Å². The molecule has 11 N–H and O–H groups in total. The van der Waals surface area contributed by atoms with Crippen LogP contribution in [0.15, 0.2) is 57.7 Å². The molecule has 1 aromatic heterocycles. The summed E-state index contributed by atoms with van der Waals surface area (Å²) in [4.78, 5) is 27.2. The molecule has 2 fully saturated rings. The van der Waals surface area contributed by atoms with E-state index in [4.69, 9.17) is 28.1 Å². The van der Waals surface area contributed by atoms with Gasteiger partial charge in [0.15, 0.2) is 35.4 Å². The van der Waals surface area contributed by atoms with Gasteiger partial charge in [0.25, 0.3) is 0 Å². The Labute approximate surface area is 296 Å². The number of aliphatic hydroxyl groups is 5. The number of ether oxygens (including phenoxy) is 5. The molecule has 19 nitrogen and oxygen atoms in total. The predicted octanol–water partition coefficient (Wildman–Crippen LogP) is -0.411. The fourth-order valence-corrected chi connectivity index (χ4v) is 5.81. The van der Waals surface area contributed by atoms with Gasteiger partial charge in [0.1, 0.15) is 64.8 Å². The van der Waals surface area contributed by atoms with Gasteiger partial charge >= 0.3 is 5.97 Å². The van der Waals surface area contributed by atoms with E-state index in [2.05, 4.69) is 0 Å². The molecule has 3 heterocycles. The van der Waals surface area contributed by atoms with Gasteiger partial charge in [-0.2, -0.15) is 0 Å². The molecule has 0 spiro atoms. The third-order valence-corrected chi connectivity index (χ3v) is 8.71. The summed E-state index contributed by atoms with van der Waals surface area (Å²) < 4.78 is 34.0. The second-order valence-electron chi connectivity index (χ2n) is 12.4. The minimum atomic E-state index is -2.12. The Morgan fingerprint density at radius 3 is 2.06 bits per heavy atom. The zero-order valence-corrected chi connectivity index (χ0v) is 27.3. The van der Waals surface area contributed by atoms with Crippen molar-refractivity contribution in [2.75, 3.05) is 6.61 Å². The summed E-state index contributed by atoms with van der Waals surface area (Å²) in [5, 5.41) is 113. The molecule has 2 aliphatic rings. The molecule has 4 aromatic rings. The van der Waals surface area contributed by atoms with Crippen LogP contribution in [0.25, 0.3) is 22.3 Å². The smallest absolute Gasteiger partial charge is 0.339 e. The zero-order valence-electron chi connectivity index (χ0n) is 27.3. The van der Waals surface area contributed by atoms with Crippen LogP contribution in [0.3, 0.4) is 0 Å². The van der Waals surface area contributed by atoms with Crippen molar-refractivity contribution in [2.24, 2.45) is 0 Å². The van der Waals surface area contributed by atoms with Gasteiger partial charge in [0.2, 0.25) is 17.5 Å². The highest BCUT2D eigenvalue weighted by atomic mass is 16.7. The van der Waals surface area contributed by atoms with Crippen LogP contribution in [-0.2, 0) is 18.9 Å². The molecular weight excluding hydrogens is 712 g/mol. The van der Waals surface area contributed by atoms with Crippen LogP contribution in [0.2, 0.25) is 0 Å². The molecule has 10 atom stereocenters. The number of hydrogen-bond donors (Lipinski definition) is 11. The third kappa shape index (κ3) is 7.19. The van der Waals surface area contributed by atoms with Gasteiger partial charge in [-0.25, -0.2) is 4.79 Å². The number of carbonyl (C=O) groups excluding carboxylic acids is 1. The number of esters is 1. The summed E-state index contributed by atoms with van der Waals surface area (Å²) in [6.07, 6.45) is -17.3. The zero-order chi connectivity index (χ0) is 38.5. The van der Waals surface area contributed by atoms with Crippen LogP contribution >= 0.6 is 0 Å². The van der Waals surface area contributed by atoms with Gasteiger partial charge in [-0.05, 0) is 43.3 Å². The maximum absolute atomic E-state index is 14.0. The van der Waals surface area contributed by atoms with Crippen molar-refractivity contribution in [1.29, 1.82) is 0 Å². The van der Waals surface area contributed by atoms with Crippen molar-refractivity contribution in [2.45, 2.75) is 68.3 Å². The molecule has 284 valence electrons. The number of phenolic OH excluding ortho intramolecular Hbond substituents is 6. The lowest BCUT2D eigenvalue weighted by atomic mass is 9.98. The predicted molar refractivity (Wildman–Crippen MR) is 173 cm³/mol. The fraction of sp³-hybridized carbons (Fsp3) is 0.353. The Bertz CT molecular complexity index is 2020. The van der Waals surface area contributed by atoms with Crippen LogP contribution in [0.5, 0.6) is 40.2 Å². The second-order valence-corrected chi connectivity index (χ2v) is 12.4. The topological polar surface area (TPSA) is 316 Å². The normalized spacial score (nSPS) is 28.8. The Morgan fingerprint density at radius 1 is 0.736 bits per heavy atom. The summed E-state index contributed by atoms with van der Waals surface area (Å²) in [5.74, 6) is -6.63. The molecule has 3 aromatic carbocycles. The van der Waals surface area contributed by atoms with Crippen molar-refractivity contribution < 1.29 is 89.1 Å². The number of benzene rings is 3. The number of carbonyl (C=O) groups is 1. The first kappa shape index (κ1) is 37.4. The third-order valence-electron chi connectivity index (χ3n) is 8.71. The monoisotopic (exact) mass is 746 g/mol. The van der Waals surface area contributed by atoms with E-state index in [0.29, 0.717) is 0 Å². The lowest BCUT2D eigenvalue weighted by Crippen LogP contribution is -2.62. The Balaban J connectivity index is 1.40. The standard InChI is InChI=1S/C34H34O19/c1-11-22(40)26(44)28(46)33(49-11)48-10-20-24(42)27(45)31(52-32(47)13-6-17(38)23(41)18(39)7-13)34(51-20)53-30-25(43)21-16(37)8-15(36)9-19(21)50-29(30)12-2-4-14(35)5-3-12/h2-9,11,20,22,24,26-28,31,33-42,44-46H,10H2,1H3/t11-,20+,22-,24+,26+,27-,28+,31+,33+,34-/m0/s1. The number of aromatic hydroxyl groups is 6. The van der Waals surface area contributed by atoms with E-state index in [1.807, 2.05) is 0 Å². The quantitative estimate of drug-likeness (QED) is 0.0806. The Kier molecular flexibility index (Phi) is 10.3. The van der Waals surface area contributed by atoms with Crippen molar-refractivity contribution in [3.8, 4) is 51.6 Å². The van der Waals surface area contributed by atoms with E-state index in [1.54, 1.807) is 0 Å². The van der Waals surface area contributed by atoms with Crippen LogP contribution in [0.1, 0.15) is 17.3 Å². The molecule has 53 heavy (non-hydrogen) atoms. The summed E-state index contributed by atoms with van der Waals surface area (Å²) in [6, 6.07) is 8.41. The number of fused-ring (bicyclic) bond motifs is 1. The van der Waals surface area contributed by atoms with Crippen molar-refractivity contribution in [3.05, 3.63) is 64.3 Å². The molecule has 2 saturated heterocycles. The van der Waals surface area contributed by atoms with E-state index < -0.39 is 125 Å². The van der Waals surface area contributed by atoms with Gasteiger partial charge in [0, 0.05) is 17.7 Å². The molecule has 0 radical (unpaired) electrons. The number of aliphatic hydroxyl groups excluding tert-OH is 5. The molecule has 6 rings (SSSR count). The van der Waals surface area contributed by atoms with E-state index in [1.165, 1.54) is 31.2 Å². The van der Waals surface area contributed by atoms with Gasteiger partial charge in [-0.15, -0.1) is 0 Å². The van der Waals surface area contributed by atoms with Crippen molar-refractivity contribution in [1.82, 2.24) is 0 Å². The van der Waals surface area contributed by atoms with E-state index in [0.717, 1.165) is 24.3 Å². The average molecular weight is 747 g/mol. The lowest BCUT2D eigenvalue weighted by Gasteiger charge is -2.43. The largest absolute Gasteiger partial charge is 0.508 e. The number of phenols is 6. The molecule has 0 saturated carbocycles. The van der Waals surface area contributed by atoms with Crippen molar-refractivity contribution in [3.63, 3.8) is 0 Å². The summed E-state index contributed by atoms with van der Waals surface area (Å²) >= 11 is 0. The highest BCUT2D eigenvalue weighted by Crippen LogP contribution is 2.39. The first-order valence-corrected chi connectivity index (χ1v) is 15.8. The molecule has 0 aliphatic carbocycles. The SMILES string of the molecule is C[C@@H]1O[C@@H](OC[C@H]2O[C@@H](Oc3c(-c4ccc(O)cc4)oc4cc(O)cc(O)c4c3=O)[C@H](OC(=O)c3cc(O)c(O)c(O)c3)[C@@H](O)[C@@H]2O)[C@H](O)[C@H](O)[C@H]1O. The molecule has 0 unspecified atom stereocenters. The second kappa shape index (κ2) is 14.6. The summed E-state index contributed by atoms with van der Waals surface area (Å²) in [5.41, 5.74) is -1.83. The molecule has 19 heteroatoms. The summed E-state index contributed by atoms with van der Waals surface area (Å²) in [7, 11) is 0. The van der Waals surface area contributed by atoms with Crippen LogP contribution in [0, 0.1) is 0 Å². The van der Waals surface area contributed by atoms with E-state index >= 15 is 0 Å². The molecule has 0 bridgehead atoms. The first-order chi connectivity index (χ1) is 25.0. The Morgan fingerprint density at radius 2 is 1.40 bits per heavy atom. The highest BCUT2D eigenvalue weighted by Gasteiger charge is 2.50. The minimum Gasteiger partial charge on any atom is -0.508 e. The molecule has 2 aliphatic heterocycles. The van der Waals surface area contributed by atoms with Gasteiger partial charge in [0.05, 0.1) is 18.3 Å². The van der Waals surface area contributed by atoms with Gasteiger partial charge in [-0.1, -0.05) is 0 Å². The maximum Gasteiger partial charge on any atom is 0.339 e. The van der Waals surface area contributed by atoms with Crippen LogP contribution < -0.4 is 10.2 Å². The van der Waals surface area contributed by atoms with Gasteiger partial charge < -0.3 is 84.3 Å². The highest BCUT2D eigenvalue weighted by molar-refractivity contribution is 5.91. The average Bonchev–Trinajstić information content (AvgIpc) is 3.11. The Hall–Kier alpha value is -5.38.